The summed E-state index contributed by atoms with van der Waals surface area (Å²) in [5.74, 6) is 0.307. The lowest BCUT2D eigenvalue weighted by atomic mass is 9.97. The van der Waals surface area contributed by atoms with Crippen LogP contribution in [0, 0.1) is 0 Å². The molecule has 2 heterocycles. The number of nitrogens with one attached hydrogen (secondary N) is 1. The second-order valence-electron chi connectivity index (χ2n) is 5.56. The molecule has 2 fully saturated rings. The summed E-state index contributed by atoms with van der Waals surface area (Å²) in [4.78, 5) is 16.8. The number of amides is 1. The van der Waals surface area contributed by atoms with Crippen LogP contribution in [0.3, 0.4) is 0 Å². The molecular formula is C13H25N3O. The van der Waals surface area contributed by atoms with Gasteiger partial charge in [0.05, 0.1) is 12.2 Å². The highest BCUT2D eigenvalue weighted by atomic mass is 16.2. The molecule has 0 aromatic heterocycles. The van der Waals surface area contributed by atoms with Crippen LogP contribution in [0.1, 0.15) is 40.0 Å². The highest BCUT2D eigenvalue weighted by Crippen LogP contribution is 2.25. The molecular weight excluding hydrogens is 214 g/mol. The van der Waals surface area contributed by atoms with Crippen molar-refractivity contribution in [3.05, 3.63) is 0 Å². The van der Waals surface area contributed by atoms with Gasteiger partial charge in [-0.25, -0.2) is 0 Å². The molecule has 2 rings (SSSR count). The van der Waals surface area contributed by atoms with Gasteiger partial charge < -0.3 is 9.80 Å². The Morgan fingerprint density at radius 2 is 2.12 bits per heavy atom. The molecule has 0 radical (unpaired) electrons. The van der Waals surface area contributed by atoms with E-state index in [0.717, 1.165) is 25.8 Å². The Kier molecular flexibility index (Phi) is 3.73. The molecule has 2 aliphatic rings. The third-order valence-electron chi connectivity index (χ3n) is 4.39. The van der Waals surface area contributed by atoms with Crippen molar-refractivity contribution in [2.45, 2.75) is 64.3 Å². The number of hydrogen-bond donors (Lipinski definition) is 1. The number of carbonyl (C=O) groups excluding carboxylic acids is 1. The Hall–Kier alpha value is -0.610. The highest BCUT2D eigenvalue weighted by molar-refractivity contribution is 5.84. The van der Waals surface area contributed by atoms with Crippen LogP contribution in [0.25, 0.3) is 0 Å². The van der Waals surface area contributed by atoms with Gasteiger partial charge in [0, 0.05) is 18.6 Å². The minimum Gasteiger partial charge on any atom is -0.323 e. The summed E-state index contributed by atoms with van der Waals surface area (Å²) in [6.45, 7) is 7.53. The van der Waals surface area contributed by atoms with Gasteiger partial charge in [-0.1, -0.05) is 6.92 Å². The summed E-state index contributed by atoms with van der Waals surface area (Å²) in [5, 5.41) is 3.39. The van der Waals surface area contributed by atoms with Gasteiger partial charge in [0.1, 0.15) is 0 Å². The minimum atomic E-state index is 0.0416. The minimum absolute atomic E-state index is 0.0416. The van der Waals surface area contributed by atoms with Crippen molar-refractivity contribution in [1.29, 1.82) is 0 Å². The van der Waals surface area contributed by atoms with Crippen molar-refractivity contribution in [2.24, 2.45) is 0 Å². The second kappa shape index (κ2) is 4.94. The lowest BCUT2D eigenvalue weighted by Gasteiger charge is -2.40. The number of piperidine rings is 1. The van der Waals surface area contributed by atoms with E-state index in [1.54, 1.807) is 0 Å². The first-order chi connectivity index (χ1) is 8.04. The molecule has 2 aliphatic heterocycles. The molecule has 4 atom stereocenters. The molecule has 0 bridgehead atoms. The largest absolute Gasteiger partial charge is 0.323 e. The van der Waals surface area contributed by atoms with Crippen LogP contribution < -0.4 is 5.32 Å². The smallest absolute Gasteiger partial charge is 0.241 e. The zero-order valence-corrected chi connectivity index (χ0v) is 11.4. The van der Waals surface area contributed by atoms with Crippen LogP contribution in [0.15, 0.2) is 0 Å². The van der Waals surface area contributed by atoms with E-state index >= 15 is 0 Å². The molecule has 4 unspecified atom stereocenters. The average Bonchev–Trinajstić information content (AvgIpc) is 2.58. The molecule has 1 N–H and O–H groups in total. The van der Waals surface area contributed by atoms with E-state index in [9.17, 15) is 4.79 Å². The molecule has 0 saturated carbocycles. The van der Waals surface area contributed by atoms with Crippen molar-refractivity contribution in [3.8, 4) is 0 Å². The lowest BCUT2D eigenvalue weighted by molar-refractivity contribution is -0.133. The predicted octanol–water partition coefficient (Wildman–Crippen LogP) is 1.03. The topological polar surface area (TPSA) is 35.6 Å². The van der Waals surface area contributed by atoms with Gasteiger partial charge in [0.25, 0.3) is 0 Å². The van der Waals surface area contributed by atoms with E-state index in [-0.39, 0.29) is 12.2 Å². The van der Waals surface area contributed by atoms with Crippen molar-refractivity contribution in [2.75, 3.05) is 13.6 Å². The fourth-order valence-corrected chi connectivity index (χ4v) is 3.12. The average molecular weight is 239 g/mol. The molecule has 0 aromatic rings. The van der Waals surface area contributed by atoms with E-state index < -0.39 is 0 Å². The second-order valence-corrected chi connectivity index (χ2v) is 5.56. The van der Waals surface area contributed by atoms with Crippen LogP contribution >= 0.6 is 0 Å². The molecule has 4 nitrogen and oxygen atoms in total. The quantitative estimate of drug-likeness (QED) is 0.781. The number of carbonyl (C=O) groups is 1. The number of hydrogen-bond acceptors (Lipinski definition) is 3. The Morgan fingerprint density at radius 3 is 2.65 bits per heavy atom. The molecule has 17 heavy (non-hydrogen) atoms. The van der Waals surface area contributed by atoms with Crippen molar-refractivity contribution in [3.63, 3.8) is 0 Å². The Bertz CT molecular complexity index is 294. The highest BCUT2D eigenvalue weighted by Gasteiger charge is 2.40. The monoisotopic (exact) mass is 239 g/mol. The van der Waals surface area contributed by atoms with Gasteiger partial charge in [0.15, 0.2) is 0 Å². The first-order valence-corrected chi connectivity index (χ1v) is 6.83. The Labute approximate surface area is 104 Å². The molecule has 0 spiro atoms. The maximum Gasteiger partial charge on any atom is 0.241 e. The van der Waals surface area contributed by atoms with Crippen molar-refractivity contribution >= 4 is 5.91 Å². The van der Waals surface area contributed by atoms with Crippen LogP contribution in [-0.4, -0.2) is 53.6 Å². The maximum absolute atomic E-state index is 12.3. The third kappa shape index (κ3) is 2.33. The van der Waals surface area contributed by atoms with Gasteiger partial charge in [-0.05, 0) is 40.2 Å². The fraction of sp³-hybridized carbons (Fsp3) is 0.923. The number of nitrogens with zero attached hydrogens (tertiary/aromatic N) is 2. The van der Waals surface area contributed by atoms with Crippen LogP contribution in [0.2, 0.25) is 0 Å². The van der Waals surface area contributed by atoms with Crippen LogP contribution in [-0.2, 0) is 4.79 Å². The van der Waals surface area contributed by atoms with Gasteiger partial charge >= 0.3 is 0 Å². The van der Waals surface area contributed by atoms with Gasteiger partial charge in [-0.15, -0.1) is 0 Å². The fourth-order valence-electron chi connectivity index (χ4n) is 3.12. The standard InChI is InChI=1S/C13H25N3O/c1-5-12-13(17)16(10(3)14-12)11-6-7-15(4)9(2)8-11/h9-12,14H,5-8H2,1-4H3. The third-order valence-corrected chi connectivity index (χ3v) is 4.39. The zero-order valence-electron chi connectivity index (χ0n) is 11.4. The van der Waals surface area contributed by atoms with Gasteiger partial charge in [0.2, 0.25) is 5.91 Å². The molecule has 2 saturated heterocycles. The van der Waals surface area contributed by atoms with Gasteiger partial charge in [-0.3, -0.25) is 10.1 Å². The number of rotatable bonds is 2. The molecule has 0 aromatic carbocycles. The summed E-state index contributed by atoms with van der Waals surface area (Å²) in [7, 11) is 2.17. The molecule has 0 aliphatic carbocycles. The van der Waals surface area contributed by atoms with Gasteiger partial charge in [-0.2, -0.15) is 0 Å². The SMILES string of the molecule is CCC1NC(C)N(C2CCN(C)C(C)C2)C1=O. The Morgan fingerprint density at radius 1 is 1.41 bits per heavy atom. The first-order valence-electron chi connectivity index (χ1n) is 6.83. The van der Waals surface area contributed by atoms with E-state index in [1.807, 2.05) is 0 Å². The van der Waals surface area contributed by atoms with Crippen molar-refractivity contribution < 1.29 is 4.79 Å². The summed E-state index contributed by atoms with van der Waals surface area (Å²) < 4.78 is 0. The normalized spacial score (nSPS) is 40.0. The predicted molar refractivity (Wildman–Crippen MR) is 68.6 cm³/mol. The van der Waals surface area contributed by atoms with Crippen LogP contribution in [0.5, 0.6) is 0 Å². The van der Waals surface area contributed by atoms with E-state index in [2.05, 4.69) is 42.9 Å². The Balaban J connectivity index is 2.05. The lowest BCUT2D eigenvalue weighted by Crippen LogP contribution is -2.51. The summed E-state index contributed by atoms with van der Waals surface area (Å²) in [6, 6.07) is 1.04. The number of likely N-dealkylation sites (tertiary alicyclic amines) is 1. The molecule has 1 amide bonds. The first kappa shape index (κ1) is 12.8. The summed E-state index contributed by atoms with van der Waals surface area (Å²) in [6.07, 6.45) is 3.30. The zero-order chi connectivity index (χ0) is 12.6. The van der Waals surface area contributed by atoms with Crippen molar-refractivity contribution in [1.82, 2.24) is 15.1 Å². The summed E-state index contributed by atoms with van der Waals surface area (Å²) >= 11 is 0. The maximum atomic E-state index is 12.3. The molecule has 98 valence electrons. The molecule has 4 heteroatoms. The van der Waals surface area contributed by atoms with E-state index in [0.29, 0.717) is 18.0 Å². The van der Waals surface area contributed by atoms with Crippen LogP contribution in [0.4, 0.5) is 0 Å². The van der Waals surface area contributed by atoms with E-state index in [4.69, 9.17) is 0 Å². The summed E-state index contributed by atoms with van der Waals surface area (Å²) in [5.41, 5.74) is 0. The van der Waals surface area contributed by atoms with E-state index in [1.165, 1.54) is 0 Å².